The molecule has 0 aliphatic carbocycles. The van der Waals surface area contributed by atoms with Crippen LogP contribution in [0.15, 0.2) is 41.3 Å². The molecule has 7 heteroatoms. The summed E-state index contributed by atoms with van der Waals surface area (Å²) in [5.41, 5.74) is -0.423. The van der Waals surface area contributed by atoms with Crippen molar-refractivity contribution in [3.05, 3.63) is 69.4 Å². The smallest absolute Gasteiger partial charge is 0.329 e. The molecule has 0 amide bonds. The van der Waals surface area contributed by atoms with Crippen molar-refractivity contribution in [2.75, 3.05) is 13.1 Å². The minimum atomic E-state index is -4.70. The van der Waals surface area contributed by atoms with Gasteiger partial charge in [-0.25, -0.2) is 4.39 Å². The molecule has 2 heterocycles. The molecule has 1 saturated heterocycles. The average molecular weight is 354 g/mol. The molecule has 0 saturated carbocycles. The number of hydrogen-bond acceptors (Lipinski definition) is 2. The van der Waals surface area contributed by atoms with Crippen LogP contribution in [0.3, 0.4) is 0 Å². The van der Waals surface area contributed by atoms with E-state index in [4.69, 9.17) is 0 Å². The number of pyridine rings is 1. The minimum Gasteiger partial charge on any atom is -0.329 e. The van der Waals surface area contributed by atoms with E-state index in [1.165, 1.54) is 12.1 Å². The number of halogens is 4. The second kappa shape index (κ2) is 7.00. The Morgan fingerprint density at radius 2 is 1.88 bits per heavy atom. The SMILES string of the molecule is O=c1cc(C2CCN(Cc3cccc(F)c3C(F)(F)F)CC2)cc[nH]1. The maximum Gasteiger partial charge on any atom is 0.419 e. The van der Waals surface area contributed by atoms with E-state index in [0.717, 1.165) is 24.5 Å². The van der Waals surface area contributed by atoms with Gasteiger partial charge < -0.3 is 4.98 Å². The van der Waals surface area contributed by atoms with E-state index >= 15 is 0 Å². The molecule has 0 unspecified atom stereocenters. The zero-order valence-corrected chi connectivity index (χ0v) is 13.4. The van der Waals surface area contributed by atoms with Gasteiger partial charge in [0, 0.05) is 18.8 Å². The summed E-state index contributed by atoms with van der Waals surface area (Å²) in [6.45, 7) is 1.27. The van der Waals surface area contributed by atoms with Crippen LogP contribution < -0.4 is 5.56 Å². The van der Waals surface area contributed by atoms with Crippen LogP contribution in [0.2, 0.25) is 0 Å². The second-order valence-electron chi connectivity index (χ2n) is 6.31. The summed E-state index contributed by atoms with van der Waals surface area (Å²) in [5.74, 6) is -1.02. The van der Waals surface area contributed by atoms with E-state index in [1.54, 1.807) is 12.3 Å². The van der Waals surface area contributed by atoms with Gasteiger partial charge in [-0.2, -0.15) is 13.2 Å². The molecule has 3 rings (SSSR count). The normalized spacial score (nSPS) is 17.0. The van der Waals surface area contributed by atoms with Crippen LogP contribution >= 0.6 is 0 Å². The van der Waals surface area contributed by atoms with Crippen LogP contribution in [0.25, 0.3) is 0 Å². The number of piperidine rings is 1. The van der Waals surface area contributed by atoms with Crippen molar-refractivity contribution in [1.82, 2.24) is 9.88 Å². The van der Waals surface area contributed by atoms with Crippen molar-refractivity contribution in [1.29, 1.82) is 0 Å². The van der Waals surface area contributed by atoms with E-state index < -0.39 is 17.6 Å². The summed E-state index contributed by atoms with van der Waals surface area (Å²) in [7, 11) is 0. The molecular formula is C18H18F4N2O. The molecule has 3 nitrogen and oxygen atoms in total. The van der Waals surface area contributed by atoms with Gasteiger partial charge in [-0.05, 0) is 55.1 Å². The number of rotatable bonds is 3. The molecule has 1 aromatic carbocycles. The molecule has 2 aromatic rings. The molecule has 25 heavy (non-hydrogen) atoms. The van der Waals surface area contributed by atoms with Crippen molar-refractivity contribution in [2.45, 2.75) is 31.5 Å². The highest BCUT2D eigenvalue weighted by atomic mass is 19.4. The van der Waals surface area contributed by atoms with Crippen LogP contribution in [0, 0.1) is 5.82 Å². The number of aromatic nitrogens is 1. The molecule has 1 fully saturated rings. The first-order valence-electron chi connectivity index (χ1n) is 8.10. The van der Waals surface area contributed by atoms with Gasteiger partial charge >= 0.3 is 6.18 Å². The topological polar surface area (TPSA) is 36.1 Å². The number of nitrogens with zero attached hydrogens (tertiary/aromatic N) is 1. The van der Waals surface area contributed by atoms with Gasteiger partial charge in [0.15, 0.2) is 0 Å². The quantitative estimate of drug-likeness (QED) is 0.849. The van der Waals surface area contributed by atoms with Crippen molar-refractivity contribution >= 4 is 0 Å². The molecule has 1 aliphatic heterocycles. The molecule has 0 radical (unpaired) electrons. The number of aromatic amines is 1. The van der Waals surface area contributed by atoms with Crippen LogP contribution in [0.5, 0.6) is 0 Å². The number of benzene rings is 1. The first kappa shape index (κ1) is 17.7. The summed E-state index contributed by atoms with van der Waals surface area (Å²) >= 11 is 0. The molecule has 1 aromatic heterocycles. The lowest BCUT2D eigenvalue weighted by molar-refractivity contribution is -0.140. The van der Waals surface area contributed by atoms with Gasteiger partial charge in [0.2, 0.25) is 5.56 Å². The lowest BCUT2D eigenvalue weighted by atomic mass is 9.90. The second-order valence-corrected chi connectivity index (χ2v) is 6.31. The highest BCUT2D eigenvalue weighted by Gasteiger charge is 2.37. The van der Waals surface area contributed by atoms with Gasteiger partial charge in [0.05, 0.1) is 5.56 Å². The predicted octanol–water partition coefficient (Wildman–Crippen LogP) is 3.91. The van der Waals surface area contributed by atoms with E-state index in [-0.39, 0.29) is 23.6 Å². The fraction of sp³-hybridized carbons (Fsp3) is 0.389. The number of alkyl halides is 3. The van der Waals surface area contributed by atoms with Gasteiger partial charge in [-0.15, -0.1) is 0 Å². The summed E-state index contributed by atoms with van der Waals surface area (Å²) in [4.78, 5) is 15.9. The number of hydrogen-bond donors (Lipinski definition) is 1. The number of H-pyrrole nitrogens is 1. The average Bonchev–Trinajstić information content (AvgIpc) is 2.54. The maximum atomic E-state index is 13.7. The molecule has 0 spiro atoms. The Morgan fingerprint density at radius 3 is 2.52 bits per heavy atom. The van der Waals surface area contributed by atoms with Crippen LogP contribution in [0.1, 0.15) is 35.4 Å². The van der Waals surface area contributed by atoms with Crippen LogP contribution in [-0.2, 0) is 12.7 Å². The van der Waals surface area contributed by atoms with Gasteiger partial charge in [-0.1, -0.05) is 12.1 Å². The summed E-state index contributed by atoms with van der Waals surface area (Å²) in [6.07, 6.45) is -1.60. The molecule has 1 N–H and O–H groups in total. The zero-order chi connectivity index (χ0) is 18.0. The Hall–Kier alpha value is -2.15. The lowest BCUT2D eigenvalue weighted by Crippen LogP contribution is -2.33. The number of likely N-dealkylation sites (tertiary alicyclic amines) is 1. The fourth-order valence-corrected chi connectivity index (χ4v) is 3.40. The molecule has 134 valence electrons. The summed E-state index contributed by atoms with van der Waals surface area (Å²) in [6, 6.07) is 6.90. The number of nitrogens with one attached hydrogen (secondary N) is 1. The standard InChI is InChI=1S/C18H18F4N2O/c19-15-3-1-2-14(17(15)18(20,21)22)11-24-8-5-12(6-9-24)13-4-7-23-16(25)10-13/h1-4,7,10,12H,5-6,8-9,11H2,(H,23,25). The molecular weight excluding hydrogens is 336 g/mol. The Kier molecular flexibility index (Phi) is 4.94. The van der Waals surface area contributed by atoms with E-state index in [2.05, 4.69) is 4.98 Å². The maximum absolute atomic E-state index is 13.7. The Balaban J connectivity index is 1.69. The Labute approximate surface area is 142 Å². The molecule has 0 atom stereocenters. The summed E-state index contributed by atoms with van der Waals surface area (Å²) in [5, 5.41) is 0. The molecule has 0 bridgehead atoms. The minimum absolute atomic E-state index is 0.0397. The monoisotopic (exact) mass is 354 g/mol. The van der Waals surface area contributed by atoms with Gasteiger partial charge in [0.1, 0.15) is 5.82 Å². The van der Waals surface area contributed by atoms with Gasteiger partial charge in [0.25, 0.3) is 0 Å². The fourth-order valence-electron chi connectivity index (χ4n) is 3.40. The van der Waals surface area contributed by atoms with Crippen molar-refractivity contribution in [3.63, 3.8) is 0 Å². The van der Waals surface area contributed by atoms with Crippen LogP contribution in [0.4, 0.5) is 17.6 Å². The predicted molar refractivity (Wildman–Crippen MR) is 85.7 cm³/mol. The van der Waals surface area contributed by atoms with E-state index in [0.29, 0.717) is 13.1 Å². The Morgan fingerprint density at radius 1 is 1.16 bits per heavy atom. The summed E-state index contributed by atoms with van der Waals surface area (Å²) < 4.78 is 52.9. The van der Waals surface area contributed by atoms with Crippen molar-refractivity contribution in [2.24, 2.45) is 0 Å². The largest absolute Gasteiger partial charge is 0.419 e. The highest BCUT2D eigenvalue weighted by Crippen LogP contribution is 2.35. The first-order chi connectivity index (χ1) is 11.8. The van der Waals surface area contributed by atoms with E-state index in [1.807, 2.05) is 11.0 Å². The third-order valence-corrected chi connectivity index (χ3v) is 4.64. The van der Waals surface area contributed by atoms with E-state index in [9.17, 15) is 22.4 Å². The molecule has 1 aliphatic rings. The van der Waals surface area contributed by atoms with Crippen LogP contribution in [-0.4, -0.2) is 23.0 Å². The van der Waals surface area contributed by atoms with Crippen molar-refractivity contribution < 1.29 is 17.6 Å². The zero-order valence-electron chi connectivity index (χ0n) is 13.4. The third kappa shape index (κ3) is 4.10. The van der Waals surface area contributed by atoms with Gasteiger partial charge in [-0.3, -0.25) is 9.69 Å². The first-order valence-corrected chi connectivity index (χ1v) is 8.10. The Bertz CT molecular complexity index is 792. The highest BCUT2D eigenvalue weighted by molar-refractivity contribution is 5.31. The van der Waals surface area contributed by atoms with Crippen molar-refractivity contribution in [3.8, 4) is 0 Å². The lowest BCUT2D eigenvalue weighted by Gasteiger charge is -2.32. The third-order valence-electron chi connectivity index (χ3n) is 4.64.